The minimum atomic E-state index is -3.64. The van der Waals surface area contributed by atoms with Gasteiger partial charge in [-0.05, 0) is 49.4 Å². The van der Waals surface area contributed by atoms with Gasteiger partial charge < -0.3 is 10.1 Å². The van der Waals surface area contributed by atoms with Crippen LogP contribution in [0.2, 0.25) is 0 Å². The monoisotopic (exact) mass is 462 g/mol. The van der Waals surface area contributed by atoms with E-state index in [9.17, 15) is 17.6 Å². The quantitative estimate of drug-likeness (QED) is 0.645. The molecule has 32 heavy (non-hydrogen) atoms. The molecule has 0 aromatic heterocycles. The molecule has 1 amide bonds. The number of aryl methyl sites for hydroxylation is 1. The summed E-state index contributed by atoms with van der Waals surface area (Å²) < 4.78 is 46.0. The van der Waals surface area contributed by atoms with E-state index < -0.39 is 15.8 Å². The SMILES string of the molecule is CC[C@@H](NC(=O)C1CCN(S(=O)(=O)Cc2ccccc2F)CC1)c1ccc(OC)c(C)c1. The number of nitrogens with zero attached hydrogens (tertiary/aromatic N) is 1. The van der Waals surface area contributed by atoms with E-state index in [-0.39, 0.29) is 42.3 Å². The van der Waals surface area contributed by atoms with E-state index in [4.69, 9.17) is 4.74 Å². The molecule has 0 radical (unpaired) electrons. The highest BCUT2D eigenvalue weighted by Gasteiger charge is 2.32. The van der Waals surface area contributed by atoms with Gasteiger partial charge in [-0.2, -0.15) is 0 Å². The Balaban J connectivity index is 1.58. The molecule has 0 unspecified atom stereocenters. The third-order valence-electron chi connectivity index (χ3n) is 6.06. The van der Waals surface area contributed by atoms with Gasteiger partial charge in [-0.3, -0.25) is 4.79 Å². The number of halogens is 1. The van der Waals surface area contributed by atoms with Crippen LogP contribution in [0.3, 0.4) is 0 Å². The molecule has 1 aliphatic heterocycles. The van der Waals surface area contributed by atoms with Gasteiger partial charge in [0, 0.05) is 24.6 Å². The molecule has 3 rings (SSSR count). The lowest BCUT2D eigenvalue weighted by Crippen LogP contribution is -2.44. The number of nitrogens with one attached hydrogen (secondary N) is 1. The first-order chi connectivity index (χ1) is 15.2. The average Bonchev–Trinajstić information content (AvgIpc) is 2.78. The van der Waals surface area contributed by atoms with E-state index in [0.717, 1.165) is 23.3 Å². The lowest BCUT2D eigenvalue weighted by atomic mass is 9.95. The Morgan fingerprint density at radius 3 is 2.50 bits per heavy atom. The van der Waals surface area contributed by atoms with Crippen molar-refractivity contribution in [2.75, 3.05) is 20.2 Å². The van der Waals surface area contributed by atoms with Crippen molar-refractivity contribution < 1.29 is 22.3 Å². The van der Waals surface area contributed by atoms with Crippen LogP contribution in [-0.2, 0) is 20.6 Å². The number of benzene rings is 2. The van der Waals surface area contributed by atoms with Crippen LogP contribution in [-0.4, -0.2) is 38.8 Å². The molecule has 2 aromatic rings. The summed E-state index contributed by atoms with van der Waals surface area (Å²) in [6.07, 6.45) is 1.63. The van der Waals surface area contributed by atoms with E-state index in [0.29, 0.717) is 12.8 Å². The van der Waals surface area contributed by atoms with Gasteiger partial charge in [-0.1, -0.05) is 37.3 Å². The van der Waals surface area contributed by atoms with E-state index in [1.807, 2.05) is 32.0 Å². The topological polar surface area (TPSA) is 75.7 Å². The van der Waals surface area contributed by atoms with Crippen molar-refractivity contribution in [3.8, 4) is 5.75 Å². The van der Waals surface area contributed by atoms with E-state index in [1.165, 1.54) is 22.5 Å². The smallest absolute Gasteiger partial charge is 0.223 e. The van der Waals surface area contributed by atoms with Crippen LogP contribution in [0, 0.1) is 18.7 Å². The highest BCUT2D eigenvalue weighted by Crippen LogP contribution is 2.27. The summed E-state index contributed by atoms with van der Waals surface area (Å²) in [5, 5.41) is 3.12. The number of hydrogen-bond donors (Lipinski definition) is 1. The largest absolute Gasteiger partial charge is 0.496 e. The average molecular weight is 463 g/mol. The van der Waals surface area contributed by atoms with Crippen LogP contribution in [0.25, 0.3) is 0 Å². The molecule has 1 heterocycles. The maximum atomic E-state index is 13.9. The van der Waals surface area contributed by atoms with Crippen molar-refractivity contribution in [2.24, 2.45) is 5.92 Å². The molecule has 0 spiro atoms. The summed E-state index contributed by atoms with van der Waals surface area (Å²) in [4.78, 5) is 12.9. The Kier molecular flexibility index (Phi) is 7.90. The van der Waals surface area contributed by atoms with Gasteiger partial charge in [0.15, 0.2) is 0 Å². The second kappa shape index (κ2) is 10.4. The Morgan fingerprint density at radius 1 is 1.22 bits per heavy atom. The summed E-state index contributed by atoms with van der Waals surface area (Å²) in [7, 11) is -2.01. The van der Waals surface area contributed by atoms with Crippen LogP contribution >= 0.6 is 0 Å². The number of ether oxygens (including phenoxy) is 1. The molecule has 1 atom stereocenters. The lowest BCUT2D eigenvalue weighted by Gasteiger charge is -2.31. The number of hydrogen-bond acceptors (Lipinski definition) is 4. The van der Waals surface area contributed by atoms with Crippen molar-refractivity contribution in [1.82, 2.24) is 9.62 Å². The molecule has 1 fully saturated rings. The van der Waals surface area contributed by atoms with E-state index in [1.54, 1.807) is 13.2 Å². The Labute approximate surface area is 189 Å². The zero-order valence-corrected chi connectivity index (χ0v) is 19.6. The first kappa shape index (κ1) is 24.2. The zero-order chi connectivity index (χ0) is 23.3. The fourth-order valence-electron chi connectivity index (χ4n) is 4.13. The fourth-order valence-corrected chi connectivity index (χ4v) is 5.71. The summed E-state index contributed by atoms with van der Waals surface area (Å²) in [5.41, 5.74) is 2.18. The molecule has 0 bridgehead atoms. The molecule has 1 aliphatic rings. The first-order valence-electron chi connectivity index (χ1n) is 10.9. The van der Waals surface area contributed by atoms with Crippen molar-refractivity contribution in [1.29, 1.82) is 0 Å². The summed E-state index contributed by atoms with van der Waals surface area (Å²) in [5.74, 6) is -0.394. The number of sulfonamides is 1. The molecule has 174 valence electrons. The van der Waals surface area contributed by atoms with Crippen LogP contribution in [0.5, 0.6) is 5.75 Å². The third-order valence-corrected chi connectivity index (χ3v) is 7.89. The van der Waals surface area contributed by atoms with Gasteiger partial charge in [0.2, 0.25) is 15.9 Å². The fraction of sp³-hybridized carbons (Fsp3) is 0.458. The van der Waals surface area contributed by atoms with Crippen molar-refractivity contribution in [3.05, 3.63) is 65.0 Å². The molecule has 1 saturated heterocycles. The second-order valence-electron chi connectivity index (χ2n) is 8.22. The van der Waals surface area contributed by atoms with Crippen molar-refractivity contribution >= 4 is 15.9 Å². The van der Waals surface area contributed by atoms with Crippen LogP contribution in [0.1, 0.15) is 48.9 Å². The van der Waals surface area contributed by atoms with Gasteiger partial charge in [-0.25, -0.2) is 17.1 Å². The van der Waals surface area contributed by atoms with Gasteiger partial charge in [-0.15, -0.1) is 0 Å². The predicted molar refractivity (Wildman–Crippen MR) is 122 cm³/mol. The number of carbonyl (C=O) groups excluding carboxylic acids is 1. The summed E-state index contributed by atoms with van der Waals surface area (Å²) >= 11 is 0. The zero-order valence-electron chi connectivity index (χ0n) is 18.8. The van der Waals surface area contributed by atoms with Gasteiger partial charge in [0.1, 0.15) is 11.6 Å². The number of methoxy groups -OCH3 is 1. The number of piperidine rings is 1. The highest BCUT2D eigenvalue weighted by atomic mass is 32.2. The number of amides is 1. The molecular formula is C24H31FN2O4S. The Morgan fingerprint density at radius 2 is 1.91 bits per heavy atom. The van der Waals surface area contributed by atoms with Gasteiger partial charge in [0.25, 0.3) is 0 Å². The molecule has 0 saturated carbocycles. The van der Waals surface area contributed by atoms with E-state index in [2.05, 4.69) is 5.32 Å². The molecular weight excluding hydrogens is 431 g/mol. The van der Waals surface area contributed by atoms with Gasteiger partial charge in [0.05, 0.1) is 18.9 Å². The maximum Gasteiger partial charge on any atom is 0.223 e. The Hall–Kier alpha value is -2.45. The third kappa shape index (κ3) is 5.66. The number of carbonyl (C=O) groups is 1. The van der Waals surface area contributed by atoms with Crippen LogP contribution in [0.4, 0.5) is 4.39 Å². The summed E-state index contributed by atoms with van der Waals surface area (Å²) in [6.45, 7) is 4.50. The van der Waals surface area contributed by atoms with Gasteiger partial charge >= 0.3 is 0 Å². The minimum Gasteiger partial charge on any atom is -0.496 e. The predicted octanol–water partition coefficient (Wildman–Crippen LogP) is 3.95. The molecule has 2 aromatic carbocycles. The highest BCUT2D eigenvalue weighted by molar-refractivity contribution is 7.88. The number of rotatable bonds is 8. The molecule has 0 aliphatic carbocycles. The maximum absolute atomic E-state index is 13.9. The molecule has 1 N–H and O–H groups in total. The summed E-state index contributed by atoms with van der Waals surface area (Å²) in [6, 6.07) is 11.7. The second-order valence-corrected chi connectivity index (χ2v) is 10.2. The van der Waals surface area contributed by atoms with Crippen molar-refractivity contribution in [3.63, 3.8) is 0 Å². The van der Waals surface area contributed by atoms with Crippen LogP contribution < -0.4 is 10.1 Å². The lowest BCUT2D eigenvalue weighted by molar-refractivity contribution is -0.126. The standard InChI is InChI=1S/C24H31FN2O4S/c1-4-22(19-9-10-23(31-3)17(2)15-19)26-24(28)18-11-13-27(14-12-18)32(29,30)16-20-7-5-6-8-21(20)25/h5-10,15,18,22H,4,11-14,16H2,1-3H3,(H,26,28)/t22-/m1/s1. The normalized spacial score (nSPS) is 16.5. The molecule has 8 heteroatoms. The van der Waals surface area contributed by atoms with Crippen LogP contribution in [0.15, 0.2) is 42.5 Å². The van der Waals surface area contributed by atoms with Crippen molar-refractivity contribution in [2.45, 2.75) is 44.9 Å². The molecule has 6 nitrogen and oxygen atoms in total. The van der Waals surface area contributed by atoms with E-state index >= 15 is 0 Å². The minimum absolute atomic E-state index is 0.0588. The first-order valence-corrected chi connectivity index (χ1v) is 12.5. The Bertz CT molecular complexity index is 1050.